The second-order valence-corrected chi connectivity index (χ2v) is 4.22. The van der Waals surface area contributed by atoms with Gasteiger partial charge in [0.15, 0.2) is 0 Å². The Morgan fingerprint density at radius 3 is 2.44 bits per heavy atom. The van der Waals surface area contributed by atoms with Gasteiger partial charge in [-0.15, -0.1) is 0 Å². The van der Waals surface area contributed by atoms with E-state index in [4.69, 9.17) is 0 Å². The molecule has 0 fully saturated rings. The summed E-state index contributed by atoms with van der Waals surface area (Å²) < 4.78 is 0. The fraction of sp³-hybridized carbons (Fsp3) is 0.200. The summed E-state index contributed by atoms with van der Waals surface area (Å²) in [6.07, 6.45) is 1.86. The van der Waals surface area contributed by atoms with Crippen LogP contribution in [0.1, 0.15) is 18.9 Å². The SMILES string of the molecule is CCCc1ccc(-c2ccccc2)c([N+](=O)[O-])c1. The second kappa shape index (κ2) is 5.45. The van der Waals surface area contributed by atoms with Crippen molar-refractivity contribution in [2.24, 2.45) is 0 Å². The number of rotatable bonds is 4. The predicted octanol–water partition coefficient (Wildman–Crippen LogP) is 4.21. The van der Waals surface area contributed by atoms with Gasteiger partial charge in [-0.2, -0.15) is 0 Å². The van der Waals surface area contributed by atoms with Crippen molar-refractivity contribution in [2.45, 2.75) is 19.8 Å². The Bertz CT molecular complexity index is 550. The average Bonchev–Trinajstić information content (AvgIpc) is 2.40. The van der Waals surface area contributed by atoms with Crippen LogP contribution in [0.15, 0.2) is 48.5 Å². The zero-order valence-electron chi connectivity index (χ0n) is 10.3. The lowest BCUT2D eigenvalue weighted by Crippen LogP contribution is -1.94. The maximum Gasteiger partial charge on any atom is 0.277 e. The summed E-state index contributed by atoms with van der Waals surface area (Å²) in [4.78, 5) is 10.9. The van der Waals surface area contributed by atoms with E-state index in [1.807, 2.05) is 42.5 Å². The third-order valence-corrected chi connectivity index (χ3v) is 2.88. The first-order valence-corrected chi connectivity index (χ1v) is 6.05. The lowest BCUT2D eigenvalue weighted by Gasteiger charge is -2.05. The topological polar surface area (TPSA) is 43.1 Å². The number of nitro groups is 1. The quantitative estimate of drug-likeness (QED) is 0.594. The molecule has 0 unspecified atom stereocenters. The van der Waals surface area contributed by atoms with Gasteiger partial charge in [-0.1, -0.05) is 49.7 Å². The number of nitrogens with zero attached hydrogens (tertiary/aromatic N) is 1. The summed E-state index contributed by atoms with van der Waals surface area (Å²) >= 11 is 0. The van der Waals surface area contributed by atoms with E-state index in [9.17, 15) is 10.1 Å². The maximum atomic E-state index is 11.2. The van der Waals surface area contributed by atoms with Gasteiger partial charge in [0.2, 0.25) is 0 Å². The van der Waals surface area contributed by atoms with Gasteiger partial charge < -0.3 is 0 Å². The smallest absolute Gasteiger partial charge is 0.258 e. The number of aryl methyl sites for hydroxylation is 1. The third kappa shape index (κ3) is 2.56. The van der Waals surface area contributed by atoms with Crippen LogP contribution in [0.2, 0.25) is 0 Å². The van der Waals surface area contributed by atoms with Gasteiger partial charge in [-0.25, -0.2) is 0 Å². The molecule has 0 saturated carbocycles. The Morgan fingerprint density at radius 2 is 1.83 bits per heavy atom. The second-order valence-electron chi connectivity index (χ2n) is 4.22. The highest BCUT2D eigenvalue weighted by Crippen LogP contribution is 2.30. The summed E-state index contributed by atoms with van der Waals surface area (Å²) in [7, 11) is 0. The minimum absolute atomic E-state index is 0.187. The monoisotopic (exact) mass is 241 g/mol. The normalized spacial score (nSPS) is 10.3. The Kier molecular flexibility index (Phi) is 3.72. The molecule has 0 aliphatic rings. The summed E-state index contributed by atoms with van der Waals surface area (Å²) in [5.41, 5.74) is 2.77. The van der Waals surface area contributed by atoms with Crippen molar-refractivity contribution in [3.05, 3.63) is 64.2 Å². The molecule has 2 aromatic rings. The molecule has 0 radical (unpaired) electrons. The molecule has 0 N–H and O–H groups in total. The Hall–Kier alpha value is -2.16. The molecule has 2 rings (SSSR count). The molecule has 3 nitrogen and oxygen atoms in total. The Balaban J connectivity index is 2.51. The van der Waals surface area contributed by atoms with E-state index < -0.39 is 0 Å². The van der Waals surface area contributed by atoms with Gasteiger partial charge >= 0.3 is 0 Å². The fourth-order valence-corrected chi connectivity index (χ4v) is 2.03. The van der Waals surface area contributed by atoms with Crippen molar-refractivity contribution >= 4 is 5.69 Å². The molecule has 0 spiro atoms. The first-order chi connectivity index (χ1) is 8.72. The van der Waals surface area contributed by atoms with E-state index >= 15 is 0 Å². The molecular formula is C15H15NO2. The molecule has 0 amide bonds. The molecule has 3 heteroatoms. The molecule has 0 atom stereocenters. The third-order valence-electron chi connectivity index (χ3n) is 2.88. The molecule has 0 aromatic heterocycles. The van der Waals surface area contributed by atoms with Crippen molar-refractivity contribution in [2.75, 3.05) is 0 Å². The van der Waals surface area contributed by atoms with E-state index in [0.29, 0.717) is 5.56 Å². The van der Waals surface area contributed by atoms with Crippen LogP contribution < -0.4 is 0 Å². The van der Waals surface area contributed by atoms with E-state index in [1.54, 1.807) is 6.07 Å². The molecule has 18 heavy (non-hydrogen) atoms. The highest BCUT2D eigenvalue weighted by Gasteiger charge is 2.15. The van der Waals surface area contributed by atoms with Gasteiger partial charge in [0.1, 0.15) is 0 Å². The molecule has 0 saturated heterocycles. The zero-order chi connectivity index (χ0) is 13.0. The van der Waals surface area contributed by atoms with Crippen LogP contribution >= 0.6 is 0 Å². The van der Waals surface area contributed by atoms with Gasteiger partial charge in [0.05, 0.1) is 10.5 Å². The zero-order valence-corrected chi connectivity index (χ0v) is 10.3. The van der Waals surface area contributed by atoms with Gasteiger partial charge in [-0.05, 0) is 23.6 Å². The minimum Gasteiger partial charge on any atom is -0.258 e. The fourth-order valence-electron chi connectivity index (χ4n) is 2.03. The van der Waals surface area contributed by atoms with Crippen molar-refractivity contribution in [1.29, 1.82) is 0 Å². The largest absolute Gasteiger partial charge is 0.277 e. The predicted molar refractivity (Wildman–Crippen MR) is 72.5 cm³/mol. The van der Waals surface area contributed by atoms with Crippen LogP contribution in [0.25, 0.3) is 11.1 Å². The molecule has 0 bridgehead atoms. The van der Waals surface area contributed by atoms with Gasteiger partial charge in [0.25, 0.3) is 5.69 Å². The standard InChI is InChI=1S/C15H15NO2/c1-2-6-12-9-10-14(15(11-12)16(17)18)13-7-4-3-5-8-13/h3-5,7-11H,2,6H2,1H3. The van der Waals surface area contributed by atoms with Gasteiger partial charge in [0, 0.05) is 6.07 Å². The van der Waals surface area contributed by atoms with Crippen LogP contribution in [-0.4, -0.2) is 4.92 Å². The van der Waals surface area contributed by atoms with E-state index in [0.717, 1.165) is 24.0 Å². The van der Waals surface area contributed by atoms with Crippen LogP contribution in [0, 0.1) is 10.1 Å². The molecule has 92 valence electrons. The molecule has 0 heterocycles. The van der Waals surface area contributed by atoms with Gasteiger partial charge in [-0.3, -0.25) is 10.1 Å². The lowest BCUT2D eigenvalue weighted by molar-refractivity contribution is -0.384. The molecular weight excluding hydrogens is 226 g/mol. The number of nitro benzene ring substituents is 1. The number of hydrogen-bond donors (Lipinski definition) is 0. The van der Waals surface area contributed by atoms with Crippen molar-refractivity contribution in [3.63, 3.8) is 0 Å². The highest BCUT2D eigenvalue weighted by molar-refractivity contribution is 5.73. The van der Waals surface area contributed by atoms with E-state index in [1.165, 1.54) is 0 Å². The minimum atomic E-state index is -0.304. The van der Waals surface area contributed by atoms with E-state index in [-0.39, 0.29) is 10.6 Å². The lowest BCUT2D eigenvalue weighted by atomic mass is 10.00. The van der Waals surface area contributed by atoms with Crippen molar-refractivity contribution in [3.8, 4) is 11.1 Å². The average molecular weight is 241 g/mol. The summed E-state index contributed by atoms with van der Waals surface area (Å²) in [5.74, 6) is 0. The molecule has 2 aromatic carbocycles. The van der Waals surface area contributed by atoms with Crippen LogP contribution in [-0.2, 0) is 6.42 Å². The summed E-state index contributed by atoms with van der Waals surface area (Å²) in [6.45, 7) is 2.07. The summed E-state index contributed by atoms with van der Waals surface area (Å²) in [5, 5.41) is 11.2. The Labute approximate surface area is 106 Å². The molecule has 0 aliphatic heterocycles. The van der Waals surface area contributed by atoms with E-state index in [2.05, 4.69) is 6.92 Å². The van der Waals surface area contributed by atoms with Crippen LogP contribution in [0.5, 0.6) is 0 Å². The van der Waals surface area contributed by atoms with Crippen LogP contribution in [0.3, 0.4) is 0 Å². The first-order valence-electron chi connectivity index (χ1n) is 6.05. The maximum absolute atomic E-state index is 11.2. The van der Waals surface area contributed by atoms with Crippen LogP contribution in [0.4, 0.5) is 5.69 Å². The number of benzene rings is 2. The van der Waals surface area contributed by atoms with Crippen molar-refractivity contribution in [1.82, 2.24) is 0 Å². The Morgan fingerprint density at radius 1 is 1.11 bits per heavy atom. The number of hydrogen-bond acceptors (Lipinski definition) is 2. The summed E-state index contributed by atoms with van der Waals surface area (Å²) in [6, 6.07) is 15.0. The molecule has 0 aliphatic carbocycles. The highest BCUT2D eigenvalue weighted by atomic mass is 16.6. The van der Waals surface area contributed by atoms with Crippen molar-refractivity contribution < 1.29 is 4.92 Å². The first kappa shape index (κ1) is 12.3.